The molecule has 0 bridgehead atoms. The van der Waals surface area contributed by atoms with Gasteiger partial charge in [0.15, 0.2) is 5.16 Å². The molecule has 1 N–H and O–H groups in total. The first-order valence-electron chi connectivity index (χ1n) is 9.54. The summed E-state index contributed by atoms with van der Waals surface area (Å²) in [6.07, 6.45) is 4.54. The number of benzene rings is 2. The average molecular weight is 381 g/mol. The molecule has 1 aliphatic rings. The zero-order chi connectivity index (χ0) is 18.6. The fourth-order valence-electron chi connectivity index (χ4n) is 3.68. The molecule has 140 valence electrons. The molecule has 1 atom stereocenters. The van der Waals surface area contributed by atoms with Gasteiger partial charge in [0, 0.05) is 13.0 Å². The summed E-state index contributed by atoms with van der Waals surface area (Å²) in [6.45, 7) is 2.99. The molecule has 27 heavy (non-hydrogen) atoms. The van der Waals surface area contributed by atoms with Crippen molar-refractivity contribution in [2.75, 3.05) is 5.75 Å². The molecule has 0 fully saturated rings. The number of amides is 1. The van der Waals surface area contributed by atoms with Gasteiger partial charge in [-0.3, -0.25) is 4.79 Å². The maximum atomic E-state index is 12.5. The number of nitrogens with one attached hydrogen (secondary N) is 1. The third-order valence-corrected chi connectivity index (χ3v) is 6.04. The van der Waals surface area contributed by atoms with Crippen LogP contribution in [0.1, 0.15) is 43.6 Å². The van der Waals surface area contributed by atoms with Gasteiger partial charge >= 0.3 is 0 Å². The highest BCUT2D eigenvalue weighted by atomic mass is 32.2. The molecule has 0 saturated carbocycles. The summed E-state index contributed by atoms with van der Waals surface area (Å²) >= 11 is 1.48. The minimum atomic E-state index is -0.0419. The second kappa shape index (κ2) is 8.13. The van der Waals surface area contributed by atoms with Crippen molar-refractivity contribution in [3.63, 3.8) is 0 Å². The lowest BCUT2D eigenvalue weighted by Crippen LogP contribution is -2.28. The fourth-order valence-corrected chi connectivity index (χ4v) is 4.48. The Hall–Kier alpha value is -2.34. The molecule has 4 rings (SSSR count). The van der Waals surface area contributed by atoms with Gasteiger partial charge in [0.05, 0.1) is 11.8 Å². The van der Waals surface area contributed by atoms with Gasteiger partial charge in [-0.2, -0.15) is 0 Å². The van der Waals surface area contributed by atoms with Gasteiger partial charge in [0.1, 0.15) is 5.82 Å². The Balaban J connectivity index is 1.40. The Morgan fingerprint density at radius 3 is 2.93 bits per heavy atom. The van der Waals surface area contributed by atoms with Gasteiger partial charge in [0.2, 0.25) is 5.91 Å². The molecule has 1 aliphatic heterocycles. The van der Waals surface area contributed by atoms with Crippen molar-refractivity contribution in [3.05, 3.63) is 53.9 Å². The van der Waals surface area contributed by atoms with Crippen LogP contribution in [0.5, 0.6) is 0 Å². The van der Waals surface area contributed by atoms with Crippen LogP contribution in [0.2, 0.25) is 0 Å². The second-order valence-electron chi connectivity index (χ2n) is 7.01. The first kappa shape index (κ1) is 18.0. The van der Waals surface area contributed by atoms with Crippen LogP contribution in [0, 0.1) is 0 Å². The van der Waals surface area contributed by atoms with E-state index in [4.69, 9.17) is 0 Å². The Bertz CT molecular complexity index is 947. The van der Waals surface area contributed by atoms with Crippen LogP contribution in [0.15, 0.2) is 47.6 Å². The standard InChI is InChI=1S/C21H24N4OS/c1-15(17-11-7-9-16-8-4-5-10-18(16)17)22-20(26)14-27-21-24-23-19-12-3-2-6-13-25(19)21/h4-5,7-11,15H,2-3,6,12-14H2,1H3,(H,22,26)/t15-/m1/s1. The van der Waals surface area contributed by atoms with Gasteiger partial charge in [-0.25, -0.2) is 0 Å². The normalized spacial score (nSPS) is 15.1. The number of nitrogens with zero attached hydrogens (tertiary/aromatic N) is 3. The summed E-state index contributed by atoms with van der Waals surface area (Å²) in [6, 6.07) is 14.5. The molecule has 0 spiro atoms. The number of aromatic nitrogens is 3. The lowest BCUT2D eigenvalue weighted by Gasteiger charge is -2.16. The van der Waals surface area contributed by atoms with E-state index in [2.05, 4.69) is 44.3 Å². The van der Waals surface area contributed by atoms with Gasteiger partial charge in [-0.15, -0.1) is 10.2 Å². The van der Waals surface area contributed by atoms with E-state index in [0.717, 1.165) is 35.9 Å². The highest BCUT2D eigenvalue weighted by Crippen LogP contribution is 2.25. The van der Waals surface area contributed by atoms with Crippen molar-refractivity contribution in [1.29, 1.82) is 0 Å². The molecule has 0 radical (unpaired) electrons. The maximum Gasteiger partial charge on any atom is 0.230 e. The zero-order valence-corrected chi connectivity index (χ0v) is 16.3. The highest BCUT2D eigenvalue weighted by Gasteiger charge is 2.17. The SMILES string of the molecule is C[C@@H](NC(=O)CSc1nnc2n1CCCCC2)c1cccc2ccccc12. The van der Waals surface area contributed by atoms with E-state index in [1.165, 1.54) is 35.4 Å². The molecule has 0 saturated heterocycles. The first-order chi connectivity index (χ1) is 13.2. The van der Waals surface area contributed by atoms with Gasteiger partial charge in [-0.05, 0) is 36.1 Å². The second-order valence-corrected chi connectivity index (χ2v) is 7.95. The molecule has 2 aromatic carbocycles. The highest BCUT2D eigenvalue weighted by molar-refractivity contribution is 7.99. The number of fused-ring (bicyclic) bond motifs is 2. The predicted octanol–water partition coefficient (Wildman–Crippen LogP) is 4.13. The Morgan fingerprint density at radius 2 is 2.00 bits per heavy atom. The van der Waals surface area contributed by atoms with Crippen molar-refractivity contribution >= 4 is 28.4 Å². The van der Waals surface area contributed by atoms with Crippen LogP contribution in [0.4, 0.5) is 0 Å². The number of carbonyl (C=O) groups excluding carboxylic acids is 1. The van der Waals surface area contributed by atoms with Crippen molar-refractivity contribution in [1.82, 2.24) is 20.1 Å². The largest absolute Gasteiger partial charge is 0.349 e. The molecule has 0 unspecified atom stereocenters. The molecule has 1 aromatic heterocycles. The summed E-state index contributed by atoms with van der Waals surface area (Å²) in [4.78, 5) is 12.5. The van der Waals surface area contributed by atoms with Crippen LogP contribution >= 0.6 is 11.8 Å². The number of aryl methyl sites for hydroxylation is 1. The van der Waals surface area contributed by atoms with Crippen molar-refractivity contribution in [3.8, 4) is 0 Å². The Labute approximate surface area is 163 Å². The van der Waals surface area contributed by atoms with E-state index in [1.54, 1.807) is 0 Å². The molecule has 5 nitrogen and oxygen atoms in total. The topological polar surface area (TPSA) is 59.8 Å². The van der Waals surface area contributed by atoms with E-state index < -0.39 is 0 Å². The van der Waals surface area contributed by atoms with E-state index >= 15 is 0 Å². The first-order valence-corrected chi connectivity index (χ1v) is 10.5. The van der Waals surface area contributed by atoms with Crippen LogP contribution in [0.3, 0.4) is 0 Å². The third-order valence-electron chi connectivity index (χ3n) is 5.08. The van der Waals surface area contributed by atoms with Crippen molar-refractivity contribution in [2.24, 2.45) is 0 Å². The van der Waals surface area contributed by atoms with Gasteiger partial charge in [-0.1, -0.05) is 60.6 Å². The zero-order valence-electron chi connectivity index (χ0n) is 15.5. The molecule has 2 heterocycles. The lowest BCUT2D eigenvalue weighted by molar-refractivity contribution is -0.119. The Kier molecular flexibility index (Phi) is 5.43. The van der Waals surface area contributed by atoms with E-state index in [0.29, 0.717) is 5.75 Å². The fraction of sp³-hybridized carbons (Fsp3) is 0.381. The number of hydrogen-bond acceptors (Lipinski definition) is 4. The van der Waals surface area contributed by atoms with Crippen molar-refractivity contribution < 1.29 is 4.79 Å². The summed E-state index contributed by atoms with van der Waals surface area (Å²) in [5, 5.41) is 14.9. The molecular weight excluding hydrogens is 356 g/mol. The van der Waals surface area contributed by atoms with E-state index in [1.807, 2.05) is 25.1 Å². The average Bonchev–Trinajstić information content (AvgIpc) is 2.92. The van der Waals surface area contributed by atoms with Crippen LogP contribution in [0.25, 0.3) is 10.8 Å². The maximum absolute atomic E-state index is 12.5. The molecule has 6 heteroatoms. The molecular formula is C21H24N4OS. The molecule has 3 aromatic rings. The third kappa shape index (κ3) is 4.00. The number of hydrogen-bond donors (Lipinski definition) is 1. The summed E-state index contributed by atoms with van der Waals surface area (Å²) in [5.41, 5.74) is 1.14. The minimum Gasteiger partial charge on any atom is -0.349 e. The van der Waals surface area contributed by atoms with Gasteiger partial charge < -0.3 is 9.88 Å². The lowest BCUT2D eigenvalue weighted by atomic mass is 10.00. The summed E-state index contributed by atoms with van der Waals surface area (Å²) < 4.78 is 2.18. The summed E-state index contributed by atoms with van der Waals surface area (Å²) in [7, 11) is 0. The van der Waals surface area contributed by atoms with Crippen molar-refractivity contribution in [2.45, 2.75) is 50.4 Å². The minimum absolute atomic E-state index is 0.0198. The predicted molar refractivity (Wildman–Crippen MR) is 109 cm³/mol. The Morgan fingerprint density at radius 1 is 1.15 bits per heavy atom. The van der Waals surface area contributed by atoms with Crippen LogP contribution in [-0.2, 0) is 17.8 Å². The number of rotatable bonds is 5. The monoisotopic (exact) mass is 380 g/mol. The smallest absolute Gasteiger partial charge is 0.230 e. The molecule has 0 aliphatic carbocycles. The quantitative estimate of drug-likeness (QED) is 0.676. The molecule has 1 amide bonds. The van der Waals surface area contributed by atoms with E-state index in [-0.39, 0.29) is 11.9 Å². The van der Waals surface area contributed by atoms with E-state index in [9.17, 15) is 4.79 Å². The van der Waals surface area contributed by atoms with Crippen LogP contribution < -0.4 is 5.32 Å². The number of thioether (sulfide) groups is 1. The van der Waals surface area contributed by atoms with Crippen LogP contribution in [-0.4, -0.2) is 26.4 Å². The van der Waals surface area contributed by atoms with Gasteiger partial charge in [0.25, 0.3) is 0 Å². The number of carbonyl (C=O) groups is 1. The summed E-state index contributed by atoms with van der Waals surface area (Å²) in [5.74, 6) is 1.43.